The van der Waals surface area contributed by atoms with E-state index in [1.165, 1.54) is 4.90 Å². The van der Waals surface area contributed by atoms with Crippen molar-refractivity contribution in [2.75, 3.05) is 17.2 Å². The molecule has 226 valence electrons. The fourth-order valence-corrected chi connectivity index (χ4v) is 5.53. The number of halogens is 4. The van der Waals surface area contributed by atoms with E-state index in [9.17, 15) is 17.8 Å². The lowest BCUT2D eigenvalue weighted by atomic mass is 9.76. The van der Waals surface area contributed by atoms with Crippen LogP contribution in [-0.2, 0) is 21.3 Å². The van der Waals surface area contributed by atoms with Crippen molar-refractivity contribution in [1.29, 1.82) is 0 Å². The molecule has 0 saturated carbocycles. The van der Waals surface area contributed by atoms with E-state index in [4.69, 9.17) is 9.66 Å². The second-order valence-electron chi connectivity index (χ2n) is 10.1. The van der Waals surface area contributed by atoms with Crippen LogP contribution in [0.3, 0.4) is 0 Å². The van der Waals surface area contributed by atoms with Crippen LogP contribution in [0, 0.1) is 23.3 Å². The third-order valence-corrected chi connectivity index (χ3v) is 7.73. The predicted molar refractivity (Wildman–Crippen MR) is 158 cm³/mol. The van der Waals surface area contributed by atoms with Crippen molar-refractivity contribution >= 4 is 34.6 Å². The Kier molecular flexibility index (Phi) is 12.2. The Morgan fingerprint density at radius 2 is 1.62 bits per heavy atom. The molecule has 0 spiro atoms. The van der Waals surface area contributed by atoms with E-state index >= 15 is 8.78 Å². The Hall–Kier alpha value is -3.57. The highest BCUT2D eigenvalue weighted by atomic mass is 32.2. The van der Waals surface area contributed by atoms with Gasteiger partial charge in [-0.3, -0.25) is 9.79 Å². The van der Waals surface area contributed by atoms with E-state index in [0.29, 0.717) is 37.8 Å². The summed E-state index contributed by atoms with van der Waals surface area (Å²) in [6, 6.07) is 9.31. The molecule has 2 aromatic carbocycles. The highest BCUT2D eigenvalue weighted by molar-refractivity contribution is 7.79. The number of unbranched alkanes of at least 4 members (excludes halogenated alkanes) is 3. The normalized spacial score (nSPS) is 18.6. The molecule has 2 aromatic rings. The zero-order valence-corrected chi connectivity index (χ0v) is 24.1. The van der Waals surface area contributed by atoms with Crippen molar-refractivity contribution in [3.05, 3.63) is 95.2 Å². The van der Waals surface area contributed by atoms with Crippen molar-refractivity contribution in [3.63, 3.8) is 0 Å². The van der Waals surface area contributed by atoms with Crippen molar-refractivity contribution in [2.24, 2.45) is 4.99 Å². The molecule has 1 aliphatic heterocycles. The number of aliphatic carboxylic acids is 1. The van der Waals surface area contributed by atoms with E-state index in [1.807, 2.05) is 30.3 Å². The Bertz CT molecular complexity index is 1400. The molecule has 0 aliphatic carbocycles. The summed E-state index contributed by atoms with van der Waals surface area (Å²) in [5, 5.41) is 8.91. The number of allylic oxidation sites excluding steroid dienone is 6. The number of nitrogens with zero attached hydrogens (tertiary/aromatic N) is 2. The quantitative estimate of drug-likeness (QED) is 0.0412. The number of benzene rings is 2. The minimum atomic E-state index is -2.03. The molecule has 42 heavy (non-hydrogen) atoms. The molecule has 2 atom stereocenters. The van der Waals surface area contributed by atoms with Gasteiger partial charge >= 0.3 is 5.97 Å². The first kappa shape index (κ1) is 32.9. The molecule has 0 aromatic heterocycles. The summed E-state index contributed by atoms with van der Waals surface area (Å²) in [5.41, 5.74) is -0.787. The lowest BCUT2D eigenvalue weighted by molar-refractivity contribution is -0.137. The first-order valence-electron chi connectivity index (χ1n) is 13.6. The number of carboxylic acids is 1. The van der Waals surface area contributed by atoms with Gasteiger partial charge in [0, 0.05) is 41.6 Å². The maximum absolute atomic E-state index is 15.4. The number of carbonyl (C=O) groups is 1. The van der Waals surface area contributed by atoms with Gasteiger partial charge in [-0.25, -0.2) is 21.8 Å². The number of carboxylic acid groups (broad SMARTS) is 1. The Morgan fingerprint density at radius 3 is 2.31 bits per heavy atom. The van der Waals surface area contributed by atoms with Crippen LogP contribution >= 0.6 is 0 Å². The van der Waals surface area contributed by atoms with Crippen LogP contribution in [0.5, 0.6) is 0 Å². The third kappa shape index (κ3) is 8.25. The Balaban J connectivity index is 1.97. The predicted octanol–water partition coefficient (Wildman–Crippen LogP) is 7.76. The number of anilines is 1. The largest absolute Gasteiger partial charge is 0.481 e. The van der Waals surface area contributed by atoms with Crippen molar-refractivity contribution in [2.45, 2.75) is 57.3 Å². The Morgan fingerprint density at radius 1 is 0.929 bits per heavy atom. The van der Waals surface area contributed by atoms with Crippen LogP contribution in [0.4, 0.5) is 28.9 Å². The first-order valence-corrected chi connectivity index (χ1v) is 14.9. The number of aliphatic imine (C=N–C) groups is 1. The number of hydrogen-bond donors (Lipinski definition) is 2. The second-order valence-corrected chi connectivity index (χ2v) is 11.1. The molecule has 0 radical (unpaired) electrons. The summed E-state index contributed by atoms with van der Waals surface area (Å²) in [7, 11) is 0. The number of para-hydroxylation sites is 1. The average Bonchev–Trinajstić information content (AvgIpc) is 3.20. The molecule has 1 aliphatic rings. The van der Waals surface area contributed by atoms with Gasteiger partial charge in [-0.15, -0.1) is 0 Å². The molecule has 3 rings (SSSR count). The van der Waals surface area contributed by atoms with E-state index in [2.05, 4.69) is 4.99 Å². The molecule has 0 fully saturated rings. The lowest BCUT2D eigenvalue weighted by Crippen LogP contribution is -2.30. The minimum absolute atomic E-state index is 0.0148. The van der Waals surface area contributed by atoms with Gasteiger partial charge in [-0.05, 0) is 56.9 Å². The second kappa shape index (κ2) is 15.6. The molecule has 6 nitrogen and oxygen atoms in total. The number of fused-ring (bicyclic) bond motifs is 1. The van der Waals surface area contributed by atoms with Crippen molar-refractivity contribution in [3.8, 4) is 0 Å². The lowest BCUT2D eigenvalue weighted by Gasteiger charge is -2.30. The SMILES string of the molecule is CC1(CCCCS(=O)O)\C(=C/C=C/C=C/C=Nc2ccccc2)N(CCCCCC(=O)O)c2c(F)c(F)c(F)c(F)c21. The van der Waals surface area contributed by atoms with Crippen molar-refractivity contribution < 1.29 is 36.2 Å². The van der Waals surface area contributed by atoms with Gasteiger partial charge in [0.1, 0.15) is 0 Å². The molecular formula is C31H34F4N2O4S. The topological polar surface area (TPSA) is 90.2 Å². The van der Waals surface area contributed by atoms with Crippen LogP contribution in [0.15, 0.2) is 71.4 Å². The standard InChI is InChI=1S/C31H34F4N2O4S/c1-31(18-10-13-21-42(40)41)23(16-8-2-3-11-19-36-22-14-6-4-7-15-22)37(20-12-5-9-17-24(38)39)30-25(31)26(32)27(33)28(34)29(30)35/h2-4,6-8,11,14-16,19H,5,9-10,12-13,17-18,20-21H2,1H3,(H,38,39)(H,40,41)/b8-2+,11-3+,23-16+,36-19?. The van der Waals surface area contributed by atoms with Gasteiger partial charge in [0.15, 0.2) is 34.3 Å². The molecular weight excluding hydrogens is 572 g/mol. The average molecular weight is 607 g/mol. The molecule has 2 unspecified atom stereocenters. The third-order valence-electron chi connectivity index (χ3n) is 7.09. The number of rotatable bonds is 15. The Labute approximate surface area is 245 Å². The zero-order valence-electron chi connectivity index (χ0n) is 23.2. The van der Waals surface area contributed by atoms with E-state index in [-0.39, 0.29) is 36.4 Å². The maximum atomic E-state index is 15.4. The maximum Gasteiger partial charge on any atom is 0.303 e. The summed E-state index contributed by atoms with van der Waals surface area (Å²) in [5.74, 6) is -7.74. The minimum Gasteiger partial charge on any atom is -0.481 e. The summed E-state index contributed by atoms with van der Waals surface area (Å²) in [6.45, 7) is 1.73. The van der Waals surface area contributed by atoms with Crippen LogP contribution in [0.1, 0.15) is 57.4 Å². The van der Waals surface area contributed by atoms with Crippen LogP contribution in [0.2, 0.25) is 0 Å². The highest BCUT2D eigenvalue weighted by Crippen LogP contribution is 2.53. The van der Waals surface area contributed by atoms with Gasteiger partial charge in [0.25, 0.3) is 0 Å². The van der Waals surface area contributed by atoms with Crippen LogP contribution < -0.4 is 4.90 Å². The summed E-state index contributed by atoms with van der Waals surface area (Å²) >= 11 is -2.03. The van der Waals surface area contributed by atoms with E-state index < -0.39 is 45.7 Å². The van der Waals surface area contributed by atoms with Gasteiger partial charge in [-0.1, -0.05) is 49.3 Å². The summed E-state index contributed by atoms with van der Waals surface area (Å²) < 4.78 is 80.0. The van der Waals surface area contributed by atoms with Crippen LogP contribution in [0.25, 0.3) is 0 Å². The smallest absolute Gasteiger partial charge is 0.303 e. The molecule has 1 heterocycles. The van der Waals surface area contributed by atoms with Crippen molar-refractivity contribution in [1.82, 2.24) is 0 Å². The molecule has 2 N–H and O–H groups in total. The monoisotopic (exact) mass is 606 g/mol. The molecule has 0 amide bonds. The van der Waals surface area contributed by atoms with Gasteiger partial charge in [0.05, 0.1) is 11.4 Å². The first-order chi connectivity index (χ1) is 20.1. The summed E-state index contributed by atoms with van der Waals surface area (Å²) in [4.78, 5) is 16.6. The molecule has 0 saturated heterocycles. The fraction of sp³-hybridized carbons (Fsp3) is 0.355. The fourth-order valence-electron chi connectivity index (χ4n) is 5.08. The van der Waals surface area contributed by atoms with Gasteiger partial charge < -0.3 is 14.6 Å². The highest BCUT2D eigenvalue weighted by Gasteiger charge is 2.48. The van der Waals surface area contributed by atoms with E-state index in [1.54, 1.807) is 43.5 Å². The van der Waals surface area contributed by atoms with Crippen LogP contribution in [-0.4, -0.2) is 38.3 Å². The number of hydrogen-bond acceptors (Lipinski definition) is 4. The summed E-state index contributed by atoms with van der Waals surface area (Å²) in [6.07, 6.45) is 12.0. The molecule has 11 heteroatoms. The van der Waals surface area contributed by atoms with E-state index in [0.717, 1.165) is 5.69 Å². The molecule has 0 bridgehead atoms. The van der Waals surface area contributed by atoms with Gasteiger partial charge in [0.2, 0.25) is 0 Å². The van der Waals surface area contributed by atoms with Gasteiger partial charge in [-0.2, -0.15) is 0 Å². The zero-order chi connectivity index (χ0) is 30.7.